The number of ether oxygens (including phenoxy) is 2. The third-order valence-corrected chi connectivity index (χ3v) is 14.2. The number of hydrogen-bond donors (Lipinski definition) is 0. The minimum atomic E-state index is -0.463. The standard InChI is InChI=1S/C34H54O3/c1-22-11-9-17-34(23(2)35)20-19-32(7)24(28(22)34)13-14-26-30(5)18-15-27-31(6,21-36-29(3,4)37-27)25(30)12-10-16-33(26,32)8/h13,22,25-28H,9-12,14-21H2,1-8H3/t22?,25?,26?,27?,28?,30?,31-,32-,33?,34?/m1/s1. The summed E-state index contributed by atoms with van der Waals surface area (Å²) in [7, 11) is 0. The van der Waals surface area contributed by atoms with Gasteiger partial charge in [-0.15, -0.1) is 0 Å². The Labute approximate surface area is 226 Å². The van der Waals surface area contributed by atoms with Crippen molar-refractivity contribution >= 4 is 5.78 Å². The van der Waals surface area contributed by atoms with E-state index in [-0.39, 0.29) is 21.7 Å². The molecule has 1 aliphatic heterocycles. The maximum Gasteiger partial charge on any atom is 0.163 e. The second-order valence-electron chi connectivity index (χ2n) is 16.0. The average molecular weight is 511 g/mol. The van der Waals surface area contributed by atoms with Gasteiger partial charge >= 0.3 is 0 Å². The van der Waals surface area contributed by atoms with Crippen LogP contribution in [0.5, 0.6) is 0 Å². The number of Topliss-reactive ketones (excluding diaryl/α,β-unsaturated/α-hetero) is 1. The summed E-state index contributed by atoms with van der Waals surface area (Å²) in [5, 5.41) is 0. The number of carbonyl (C=O) groups is 1. The van der Waals surface area contributed by atoms with Crippen LogP contribution in [0.4, 0.5) is 0 Å². The number of ketones is 1. The fourth-order valence-corrected chi connectivity index (χ4v) is 12.1. The Morgan fingerprint density at radius 2 is 1.59 bits per heavy atom. The Bertz CT molecular complexity index is 997. The van der Waals surface area contributed by atoms with Crippen LogP contribution in [0.3, 0.4) is 0 Å². The summed E-state index contributed by atoms with van der Waals surface area (Å²) in [5.41, 5.74) is 2.46. The molecule has 1 saturated heterocycles. The highest BCUT2D eigenvalue weighted by Crippen LogP contribution is 2.74. The van der Waals surface area contributed by atoms with Gasteiger partial charge in [-0.3, -0.25) is 4.79 Å². The summed E-state index contributed by atoms with van der Waals surface area (Å²) < 4.78 is 13.0. The second kappa shape index (κ2) is 8.18. The molecule has 0 radical (unpaired) electrons. The average Bonchev–Trinajstić information content (AvgIpc) is 2.95. The number of fused-ring (bicyclic) bond motifs is 9. The lowest BCUT2D eigenvalue weighted by molar-refractivity contribution is -0.344. The minimum Gasteiger partial charge on any atom is -0.350 e. The van der Waals surface area contributed by atoms with Gasteiger partial charge in [-0.25, -0.2) is 0 Å². The van der Waals surface area contributed by atoms with E-state index in [1.54, 1.807) is 5.57 Å². The molecule has 0 N–H and O–H groups in total. The lowest BCUT2D eigenvalue weighted by Gasteiger charge is -2.68. The summed E-state index contributed by atoms with van der Waals surface area (Å²) >= 11 is 0. The maximum atomic E-state index is 13.3. The highest BCUT2D eigenvalue weighted by molar-refractivity contribution is 5.84. The first kappa shape index (κ1) is 26.5. The zero-order chi connectivity index (χ0) is 26.6. The molecule has 208 valence electrons. The van der Waals surface area contributed by atoms with Gasteiger partial charge in [-0.05, 0) is 112 Å². The molecule has 1 heterocycles. The molecule has 3 nitrogen and oxygen atoms in total. The van der Waals surface area contributed by atoms with Crippen molar-refractivity contribution in [2.45, 2.75) is 138 Å². The zero-order valence-corrected chi connectivity index (χ0v) is 25.2. The van der Waals surface area contributed by atoms with E-state index in [1.807, 2.05) is 6.92 Å². The highest BCUT2D eigenvalue weighted by Gasteiger charge is 2.68. The summed E-state index contributed by atoms with van der Waals surface area (Å²) in [6, 6.07) is 0. The van der Waals surface area contributed by atoms with Crippen molar-refractivity contribution in [1.82, 2.24) is 0 Å². The molecule has 5 aliphatic carbocycles. The Morgan fingerprint density at radius 1 is 0.865 bits per heavy atom. The van der Waals surface area contributed by atoms with Crippen LogP contribution in [-0.4, -0.2) is 24.3 Å². The molecular formula is C34H54O3. The molecule has 0 spiro atoms. The van der Waals surface area contributed by atoms with Crippen LogP contribution in [-0.2, 0) is 14.3 Å². The zero-order valence-electron chi connectivity index (χ0n) is 25.2. The van der Waals surface area contributed by atoms with E-state index >= 15 is 0 Å². The summed E-state index contributed by atoms with van der Waals surface area (Å²) in [6.45, 7) is 19.9. The van der Waals surface area contributed by atoms with Crippen LogP contribution in [0.15, 0.2) is 11.6 Å². The van der Waals surface area contributed by atoms with Gasteiger partial charge in [0.1, 0.15) is 5.78 Å². The highest BCUT2D eigenvalue weighted by atomic mass is 16.7. The number of carbonyl (C=O) groups excluding carboxylic acids is 1. The van der Waals surface area contributed by atoms with Gasteiger partial charge in [-0.2, -0.15) is 0 Å². The number of allylic oxidation sites excluding steroid dienone is 2. The quantitative estimate of drug-likeness (QED) is 0.332. The predicted molar refractivity (Wildman–Crippen MR) is 149 cm³/mol. The maximum absolute atomic E-state index is 13.3. The molecule has 0 bridgehead atoms. The van der Waals surface area contributed by atoms with E-state index < -0.39 is 5.79 Å². The van der Waals surface area contributed by atoms with Crippen LogP contribution < -0.4 is 0 Å². The van der Waals surface area contributed by atoms with Crippen molar-refractivity contribution in [3.8, 4) is 0 Å². The molecule has 3 heteroatoms. The van der Waals surface area contributed by atoms with Crippen LogP contribution in [0, 0.1) is 50.7 Å². The van der Waals surface area contributed by atoms with Gasteiger partial charge in [0.05, 0.1) is 12.7 Å². The molecule has 4 saturated carbocycles. The van der Waals surface area contributed by atoms with Gasteiger partial charge < -0.3 is 9.47 Å². The Morgan fingerprint density at radius 3 is 2.32 bits per heavy atom. The molecule has 0 aromatic carbocycles. The van der Waals surface area contributed by atoms with Gasteiger partial charge in [0, 0.05) is 10.8 Å². The topological polar surface area (TPSA) is 35.5 Å². The molecule has 6 rings (SSSR count). The fraction of sp³-hybridized carbons (Fsp3) is 0.912. The third kappa shape index (κ3) is 3.34. The molecule has 8 unspecified atom stereocenters. The fourth-order valence-electron chi connectivity index (χ4n) is 12.1. The van der Waals surface area contributed by atoms with Crippen molar-refractivity contribution in [2.75, 3.05) is 6.61 Å². The monoisotopic (exact) mass is 510 g/mol. The summed E-state index contributed by atoms with van der Waals surface area (Å²) in [6.07, 6.45) is 16.5. The SMILES string of the molecule is CC(=O)C12CCCC(C)C1C1=CCC3C4(C)CCC5OC(C)(C)OC[C@]5(C)C4CCCC3(C)[C@]1(C)CC2. The smallest absolute Gasteiger partial charge is 0.163 e. The van der Waals surface area contributed by atoms with Crippen LogP contribution in [0.1, 0.15) is 126 Å². The summed E-state index contributed by atoms with van der Waals surface area (Å²) in [4.78, 5) is 13.3. The molecule has 6 aliphatic rings. The molecular weight excluding hydrogens is 456 g/mol. The van der Waals surface area contributed by atoms with Crippen molar-refractivity contribution in [1.29, 1.82) is 0 Å². The van der Waals surface area contributed by atoms with Gasteiger partial charge in [0.15, 0.2) is 5.79 Å². The molecule has 10 atom stereocenters. The predicted octanol–water partition coefficient (Wildman–Crippen LogP) is 8.51. The van der Waals surface area contributed by atoms with E-state index in [0.29, 0.717) is 41.0 Å². The number of rotatable bonds is 1. The van der Waals surface area contributed by atoms with Crippen LogP contribution >= 0.6 is 0 Å². The third-order valence-electron chi connectivity index (χ3n) is 14.2. The van der Waals surface area contributed by atoms with E-state index in [0.717, 1.165) is 25.9 Å². The molecule has 37 heavy (non-hydrogen) atoms. The first-order valence-electron chi connectivity index (χ1n) is 15.8. The van der Waals surface area contributed by atoms with Crippen LogP contribution in [0.2, 0.25) is 0 Å². The van der Waals surface area contributed by atoms with E-state index in [9.17, 15) is 4.79 Å². The number of hydrogen-bond acceptors (Lipinski definition) is 3. The van der Waals surface area contributed by atoms with Crippen LogP contribution in [0.25, 0.3) is 0 Å². The summed E-state index contributed by atoms with van der Waals surface area (Å²) in [5.74, 6) is 2.39. The Hall–Kier alpha value is -0.670. The minimum absolute atomic E-state index is 0.0902. The molecule has 5 fully saturated rings. The van der Waals surface area contributed by atoms with E-state index in [1.165, 1.54) is 51.4 Å². The first-order valence-corrected chi connectivity index (χ1v) is 15.8. The van der Waals surface area contributed by atoms with Gasteiger partial charge in [0.2, 0.25) is 0 Å². The van der Waals surface area contributed by atoms with E-state index in [2.05, 4.69) is 54.5 Å². The molecule has 0 aromatic heterocycles. The Kier molecular flexibility index (Phi) is 5.87. The van der Waals surface area contributed by atoms with Crippen molar-refractivity contribution < 1.29 is 14.3 Å². The van der Waals surface area contributed by atoms with Gasteiger partial charge in [-0.1, -0.05) is 65.5 Å². The van der Waals surface area contributed by atoms with Crippen molar-refractivity contribution in [3.05, 3.63) is 11.6 Å². The van der Waals surface area contributed by atoms with Crippen molar-refractivity contribution in [3.63, 3.8) is 0 Å². The first-order chi connectivity index (χ1) is 17.2. The largest absolute Gasteiger partial charge is 0.350 e. The van der Waals surface area contributed by atoms with Gasteiger partial charge in [0.25, 0.3) is 0 Å². The Balaban J connectivity index is 1.42. The molecule has 0 amide bonds. The lowest BCUT2D eigenvalue weighted by atomic mass is 9.37. The van der Waals surface area contributed by atoms with E-state index in [4.69, 9.17) is 9.47 Å². The lowest BCUT2D eigenvalue weighted by Crippen LogP contribution is -2.64. The normalized spacial score (nSPS) is 54.8. The second-order valence-corrected chi connectivity index (χ2v) is 16.0. The molecule has 0 aromatic rings. The van der Waals surface area contributed by atoms with Crippen molar-refractivity contribution in [2.24, 2.45) is 50.7 Å².